The lowest BCUT2D eigenvalue weighted by Gasteiger charge is -2.16. The SMILES string of the molecule is CCCCCC(CCCC)c1[c]cccc1. The summed E-state index contributed by atoms with van der Waals surface area (Å²) in [5.41, 5.74) is 1.42. The Morgan fingerprint density at radius 3 is 2.38 bits per heavy atom. The van der Waals surface area contributed by atoms with Crippen LogP contribution in [0.3, 0.4) is 0 Å². The second-order valence-electron chi connectivity index (χ2n) is 4.65. The van der Waals surface area contributed by atoms with Crippen molar-refractivity contribution >= 4 is 0 Å². The molecule has 0 aliphatic carbocycles. The van der Waals surface area contributed by atoms with Gasteiger partial charge in [0.15, 0.2) is 0 Å². The van der Waals surface area contributed by atoms with Crippen LogP contribution in [0.25, 0.3) is 0 Å². The van der Waals surface area contributed by atoms with Gasteiger partial charge in [0.25, 0.3) is 0 Å². The summed E-state index contributed by atoms with van der Waals surface area (Å²) >= 11 is 0. The van der Waals surface area contributed by atoms with Gasteiger partial charge in [-0.3, -0.25) is 0 Å². The fourth-order valence-corrected chi connectivity index (χ4v) is 2.21. The van der Waals surface area contributed by atoms with E-state index in [4.69, 9.17) is 0 Å². The molecule has 0 heterocycles. The van der Waals surface area contributed by atoms with Gasteiger partial charge in [0.2, 0.25) is 0 Å². The zero-order valence-corrected chi connectivity index (χ0v) is 10.8. The summed E-state index contributed by atoms with van der Waals surface area (Å²) in [7, 11) is 0. The first-order valence-electron chi connectivity index (χ1n) is 6.85. The van der Waals surface area contributed by atoms with Crippen LogP contribution < -0.4 is 0 Å². The van der Waals surface area contributed by atoms with E-state index in [2.05, 4.69) is 38.1 Å². The van der Waals surface area contributed by atoms with Crippen molar-refractivity contribution in [3.05, 3.63) is 35.9 Å². The molecule has 0 saturated heterocycles. The van der Waals surface area contributed by atoms with Gasteiger partial charge in [-0.2, -0.15) is 0 Å². The monoisotopic (exact) mass is 217 g/mol. The minimum absolute atomic E-state index is 0.743. The Morgan fingerprint density at radius 2 is 1.75 bits per heavy atom. The molecule has 0 aromatic heterocycles. The summed E-state index contributed by atoms with van der Waals surface area (Å²) in [4.78, 5) is 0. The Kier molecular flexibility index (Phi) is 6.96. The molecule has 0 nitrogen and oxygen atoms in total. The average Bonchev–Trinajstić information content (AvgIpc) is 2.35. The predicted molar refractivity (Wildman–Crippen MR) is 71.7 cm³/mol. The molecular formula is C16H25. The van der Waals surface area contributed by atoms with Crippen LogP contribution in [0.2, 0.25) is 0 Å². The molecule has 1 unspecified atom stereocenters. The summed E-state index contributed by atoms with van der Waals surface area (Å²) in [5.74, 6) is 0.743. The minimum atomic E-state index is 0.743. The van der Waals surface area contributed by atoms with E-state index >= 15 is 0 Å². The number of hydrogen-bond acceptors (Lipinski definition) is 0. The van der Waals surface area contributed by atoms with Crippen LogP contribution in [0.1, 0.15) is 70.3 Å². The first-order chi connectivity index (χ1) is 7.88. The van der Waals surface area contributed by atoms with Crippen molar-refractivity contribution in [1.29, 1.82) is 0 Å². The predicted octanol–water partition coefficient (Wildman–Crippen LogP) is 5.34. The Balaban J connectivity index is 2.49. The van der Waals surface area contributed by atoms with E-state index in [1.807, 2.05) is 6.07 Å². The summed E-state index contributed by atoms with van der Waals surface area (Å²) in [6, 6.07) is 11.9. The lowest BCUT2D eigenvalue weighted by Crippen LogP contribution is -1.99. The minimum Gasteiger partial charge on any atom is -0.0654 e. The van der Waals surface area contributed by atoms with Crippen LogP contribution in [-0.2, 0) is 0 Å². The standard InChI is InChI=1S/C16H25/c1-3-5-8-12-15(11-6-4-2)16-13-9-7-10-14-16/h7,9-10,13,15H,3-6,8,11-12H2,1-2H3. The van der Waals surface area contributed by atoms with Gasteiger partial charge < -0.3 is 0 Å². The maximum Gasteiger partial charge on any atom is -0.0146 e. The van der Waals surface area contributed by atoms with Gasteiger partial charge in [-0.25, -0.2) is 0 Å². The van der Waals surface area contributed by atoms with E-state index in [9.17, 15) is 0 Å². The largest absolute Gasteiger partial charge is 0.0654 e. The van der Waals surface area contributed by atoms with Crippen LogP contribution in [0.5, 0.6) is 0 Å². The molecule has 16 heavy (non-hydrogen) atoms. The van der Waals surface area contributed by atoms with Crippen molar-refractivity contribution in [2.75, 3.05) is 0 Å². The second-order valence-corrected chi connectivity index (χ2v) is 4.65. The maximum absolute atomic E-state index is 3.40. The van der Waals surface area contributed by atoms with E-state index < -0.39 is 0 Å². The first-order valence-corrected chi connectivity index (χ1v) is 6.85. The van der Waals surface area contributed by atoms with Gasteiger partial charge in [-0.15, -0.1) is 0 Å². The zero-order chi connectivity index (χ0) is 11.6. The molecule has 1 rings (SSSR count). The second kappa shape index (κ2) is 8.38. The van der Waals surface area contributed by atoms with E-state index in [0.29, 0.717) is 0 Å². The molecule has 0 heteroatoms. The summed E-state index contributed by atoms with van der Waals surface area (Å²) in [6.45, 7) is 4.55. The molecule has 1 atom stereocenters. The van der Waals surface area contributed by atoms with Gasteiger partial charge in [0.05, 0.1) is 0 Å². The molecule has 0 saturated carbocycles. The smallest absolute Gasteiger partial charge is 0.0146 e. The lowest BCUT2D eigenvalue weighted by atomic mass is 9.89. The molecule has 0 spiro atoms. The highest BCUT2D eigenvalue weighted by molar-refractivity contribution is 5.17. The Morgan fingerprint density at radius 1 is 1.00 bits per heavy atom. The molecule has 1 aromatic rings. The van der Waals surface area contributed by atoms with Crippen LogP contribution >= 0.6 is 0 Å². The molecule has 0 aliphatic rings. The Hall–Kier alpha value is -0.780. The summed E-state index contributed by atoms with van der Waals surface area (Å²) < 4.78 is 0. The lowest BCUT2D eigenvalue weighted by molar-refractivity contribution is 0.514. The van der Waals surface area contributed by atoms with E-state index in [1.165, 1.54) is 50.5 Å². The maximum atomic E-state index is 3.40. The van der Waals surface area contributed by atoms with Gasteiger partial charge in [-0.05, 0) is 30.4 Å². The molecular weight excluding hydrogens is 192 g/mol. The number of rotatable bonds is 8. The third kappa shape index (κ3) is 4.83. The van der Waals surface area contributed by atoms with Crippen LogP contribution in [0.4, 0.5) is 0 Å². The van der Waals surface area contributed by atoms with Crippen LogP contribution in [0.15, 0.2) is 24.3 Å². The Labute approximate surface area is 101 Å². The fourth-order valence-electron chi connectivity index (χ4n) is 2.21. The zero-order valence-electron chi connectivity index (χ0n) is 10.8. The molecule has 0 N–H and O–H groups in total. The van der Waals surface area contributed by atoms with Crippen molar-refractivity contribution < 1.29 is 0 Å². The van der Waals surface area contributed by atoms with Gasteiger partial charge in [0.1, 0.15) is 0 Å². The third-order valence-electron chi connectivity index (χ3n) is 3.24. The highest BCUT2D eigenvalue weighted by atomic mass is 14.1. The van der Waals surface area contributed by atoms with E-state index in [-0.39, 0.29) is 0 Å². The van der Waals surface area contributed by atoms with Crippen molar-refractivity contribution in [3.8, 4) is 0 Å². The van der Waals surface area contributed by atoms with Gasteiger partial charge in [0, 0.05) is 0 Å². The summed E-state index contributed by atoms with van der Waals surface area (Å²) in [6.07, 6.45) is 9.38. The molecule has 1 aromatic carbocycles. The molecule has 0 aliphatic heterocycles. The normalized spacial score (nSPS) is 12.6. The molecule has 1 radical (unpaired) electrons. The quantitative estimate of drug-likeness (QED) is 0.515. The average molecular weight is 217 g/mol. The molecule has 0 bridgehead atoms. The number of hydrogen-bond donors (Lipinski definition) is 0. The van der Waals surface area contributed by atoms with Crippen molar-refractivity contribution in [2.24, 2.45) is 0 Å². The topological polar surface area (TPSA) is 0 Å². The van der Waals surface area contributed by atoms with Crippen LogP contribution in [0, 0.1) is 6.07 Å². The van der Waals surface area contributed by atoms with Gasteiger partial charge >= 0.3 is 0 Å². The fraction of sp³-hybridized carbons (Fsp3) is 0.625. The number of benzene rings is 1. The van der Waals surface area contributed by atoms with Crippen LogP contribution in [-0.4, -0.2) is 0 Å². The van der Waals surface area contributed by atoms with E-state index in [1.54, 1.807) is 0 Å². The number of unbranched alkanes of at least 4 members (excludes halogenated alkanes) is 3. The Bertz CT molecular complexity index is 250. The van der Waals surface area contributed by atoms with Gasteiger partial charge in [-0.1, -0.05) is 70.2 Å². The third-order valence-corrected chi connectivity index (χ3v) is 3.24. The molecule has 0 amide bonds. The summed E-state index contributed by atoms with van der Waals surface area (Å²) in [5, 5.41) is 0. The van der Waals surface area contributed by atoms with Crippen molar-refractivity contribution in [3.63, 3.8) is 0 Å². The first kappa shape index (κ1) is 13.3. The molecule has 0 fully saturated rings. The highest BCUT2D eigenvalue weighted by Gasteiger charge is 2.10. The highest BCUT2D eigenvalue weighted by Crippen LogP contribution is 2.27. The molecule has 89 valence electrons. The van der Waals surface area contributed by atoms with Crippen molar-refractivity contribution in [2.45, 2.75) is 64.7 Å². The van der Waals surface area contributed by atoms with E-state index in [0.717, 1.165) is 5.92 Å². The van der Waals surface area contributed by atoms with Crippen molar-refractivity contribution in [1.82, 2.24) is 0 Å².